The first-order valence-electron chi connectivity index (χ1n) is 8.81. The summed E-state index contributed by atoms with van der Waals surface area (Å²) in [5.74, 6) is 0. The van der Waals surface area contributed by atoms with Gasteiger partial charge in [-0.3, -0.25) is 0 Å². The molecule has 0 saturated heterocycles. The molecule has 0 aliphatic rings. The van der Waals surface area contributed by atoms with Crippen LogP contribution in [0.2, 0.25) is 0 Å². The van der Waals surface area contributed by atoms with Crippen LogP contribution in [-0.2, 0) is 0 Å². The number of benzene rings is 4. The van der Waals surface area contributed by atoms with Gasteiger partial charge in [-0.25, -0.2) is 0 Å². The maximum atomic E-state index is 6.27. The smallest absolute Gasteiger partial charge is 0.144 e. The van der Waals surface area contributed by atoms with Crippen LogP contribution in [0.1, 0.15) is 0 Å². The van der Waals surface area contributed by atoms with Crippen molar-refractivity contribution in [2.75, 3.05) is 0 Å². The number of furan rings is 1. The van der Waals surface area contributed by atoms with Crippen molar-refractivity contribution in [3.05, 3.63) is 83.3 Å². The Morgan fingerprint density at radius 1 is 0.704 bits per heavy atom. The van der Waals surface area contributed by atoms with Crippen LogP contribution in [0.3, 0.4) is 0 Å². The fourth-order valence-corrected chi connectivity index (χ4v) is 5.52. The molecule has 0 amide bonds. The summed E-state index contributed by atoms with van der Waals surface area (Å²) in [6.07, 6.45) is 0. The average molecular weight is 429 g/mol. The highest BCUT2D eigenvalue weighted by Gasteiger charge is 2.15. The molecule has 0 N–H and O–H groups in total. The topological polar surface area (TPSA) is 13.1 Å². The van der Waals surface area contributed by atoms with E-state index in [1.165, 1.54) is 25.7 Å². The first kappa shape index (κ1) is 15.4. The third kappa shape index (κ3) is 2.22. The van der Waals surface area contributed by atoms with Crippen LogP contribution in [0.15, 0.2) is 87.8 Å². The minimum atomic E-state index is 0.919. The van der Waals surface area contributed by atoms with Gasteiger partial charge in [0.1, 0.15) is 11.2 Å². The molecule has 0 fully saturated rings. The van der Waals surface area contributed by atoms with Gasteiger partial charge in [-0.1, -0.05) is 58.4 Å². The van der Waals surface area contributed by atoms with Crippen molar-refractivity contribution in [3.63, 3.8) is 0 Å². The first-order valence-corrected chi connectivity index (χ1v) is 10.4. The van der Waals surface area contributed by atoms with Gasteiger partial charge in [0.05, 0.1) is 0 Å². The van der Waals surface area contributed by atoms with Crippen LogP contribution >= 0.6 is 27.3 Å². The molecule has 6 aromatic rings. The number of thiophene rings is 1. The SMILES string of the molecule is Brc1ccc(-c2ccc3sc4ccccc4c3c2)c2oc3ccccc3c12. The van der Waals surface area contributed by atoms with E-state index >= 15 is 0 Å². The van der Waals surface area contributed by atoms with Gasteiger partial charge < -0.3 is 4.42 Å². The van der Waals surface area contributed by atoms with Crippen molar-refractivity contribution in [3.8, 4) is 11.1 Å². The number of fused-ring (bicyclic) bond motifs is 6. The highest BCUT2D eigenvalue weighted by atomic mass is 79.9. The van der Waals surface area contributed by atoms with Crippen molar-refractivity contribution in [1.29, 1.82) is 0 Å². The van der Waals surface area contributed by atoms with Gasteiger partial charge in [-0.05, 0) is 42.0 Å². The molecule has 3 heteroatoms. The summed E-state index contributed by atoms with van der Waals surface area (Å²) in [6.45, 7) is 0. The van der Waals surface area contributed by atoms with Gasteiger partial charge in [0.2, 0.25) is 0 Å². The van der Waals surface area contributed by atoms with Gasteiger partial charge in [-0.15, -0.1) is 11.3 Å². The molecule has 1 nitrogen and oxygen atoms in total. The van der Waals surface area contributed by atoms with Gasteiger partial charge in [0.25, 0.3) is 0 Å². The largest absolute Gasteiger partial charge is 0.455 e. The van der Waals surface area contributed by atoms with Crippen LogP contribution in [-0.4, -0.2) is 0 Å². The lowest BCUT2D eigenvalue weighted by Crippen LogP contribution is -1.80. The zero-order valence-corrected chi connectivity index (χ0v) is 16.6. The summed E-state index contributed by atoms with van der Waals surface area (Å²) in [6, 6.07) is 27.8. The summed E-state index contributed by atoms with van der Waals surface area (Å²) < 4.78 is 9.98. The number of halogens is 1. The van der Waals surface area contributed by atoms with Crippen LogP contribution in [0.5, 0.6) is 0 Å². The minimum Gasteiger partial charge on any atom is -0.455 e. The maximum absolute atomic E-state index is 6.27. The summed E-state index contributed by atoms with van der Waals surface area (Å²) in [5.41, 5.74) is 4.16. The van der Waals surface area contributed by atoms with Crippen molar-refractivity contribution in [2.24, 2.45) is 0 Å². The summed E-state index contributed by atoms with van der Waals surface area (Å²) in [4.78, 5) is 0. The Hall–Kier alpha value is -2.62. The second-order valence-electron chi connectivity index (χ2n) is 6.71. The molecular weight excluding hydrogens is 416 g/mol. The average Bonchev–Trinajstić information content (AvgIpc) is 3.27. The molecule has 4 aromatic carbocycles. The number of para-hydroxylation sites is 1. The molecule has 6 rings (SSSR count). The minimum absolute atomic E-state index is 0.919. The summed E-state index contributed by atoms with van der Waals surface area (Å²) in [5, 5.41) is 4.90. The molecule has 0 atom stereocenters. The summed E-state index contributed by atoms with van der Waals surface area (Å²) in [7, 11) is 0. The lowest BCUT2D eigenvalue weighted by molar-refractivity contribution is 0.670. The third-order valence-electron chi connectivity index (χ3n) is 5.16. The van der Waals surface area contributed by atoms with Crippen molar-refractivity contribution in [1.82, 2.24) is 0 Å². The van der Waals surface area contributed by atoms with Crippen LogP contribution < -0.4 is 0 Å². The molecule has 0 aliphatic carbocycles. The predicted octanol–water partition coefficient (Wildman–Crippen LogP) is 8.38. The summed E-state index contributed by atoms with van der Waals surface area (Å²) >= 11 is 5.56. The Labute approximate surface area is 168 Å². The van der Waals surface area contributed by atoms with Crippen LogP contribution in [0.4, 0.5) is 0 Å². The Morgan fingerprint density at radius 3 is 2.41 bits per heavy atom. The van der Waals surface area contributed by atoms with Gasteiger partial charge in [0.15, 0.2) is 0 Å². The lowest BCUT2D eigenvalue weighted by Gasteiger charge is -2.05. The normalized spacial score (nSPS) is 11.9. The van der Waals surface area contributed by atoms with E-state index in [0.29, 0.717) is 0 Å². The fourth-order valence-electron chi connectivity index (χ4n) is 3.91. The van der Waals surface area contributed by atoms with Gasteiger partial charge >= 0.3 is 0 Å². The molecule has 0 radical (unpaired) electrons. The standard InChI is InChI=1S/C24H13BrOS/c25-19-11-10-15(24-23(19)17-6-1-3-7-20(17)26-24)14-9-12-22-18(13-14)16-5-2-4-8-21(16)27-22/h1-13H. The zero-order valence-electron chi connectivity index (χ0n) is 14.2. The van der Waals surface area contributed by atoms with Crippen LogP contribution in [0.25, 0.3) is 53.2 Å². The van der Waals surface area contributed by atoms with E-state index in [-0.39, 0.29) is 0 Å². The quantitative estimate of drug-likeness (QED) is 0.256. The Kier molecular flexibility index (Phi) is 3.25. The molecular formula is C24H13BrOS. The molecule has 0 saturated carbocycles. The molecule has 2 aromatic heterocycles. The highest BCUT2D eigenvalue weighted by molar-refractivity contribution is 9.10. The van der Waals surface area contributed by atoms with Crippen molar-refractivity contribution >= 4 is 69.4 Å². The molecule has 27 heavy (non-hydrogen) atoms. The lowest BCUT2D eigenvalue weighted by atomic mass is 10.0. The number of hydrogen-bond acceptors (Lipinski definition) is 2. The second kappa shape index (κ2) is 5.69. The van der Waals surface area contributed by atoms with E-state index in [2.05, 4.69) is 82.7 Å². The zero-order chi connectivity index (χ0) is 18.0. The van der Waals surface area contributed by atoms with Crippen molar-refractivity contribution < 1.29 is 4.42 Å². The van der Waals surface area contributed by atoms with Gasteiger partial charge in [0, 0.05) is 41.0 Å². The molecule has 0 spiro atoms. The molecule has 0 bridgehead atoms. The predicted molar refractivity (Wildman–Crippen MR) is 120 cm³/mol. The maximum Gasteiger partial charge on any atom is 0.144 e. The number of hydrogen-bond donors (Lipinski definition) is 0. The van der Waals surface area contributed by atoms with Crippen molar-refractivity contribution in [2.45, 2.75) is 0 Å². The Bertz CT molecular complexity index is 1490. The first-order chi connectivity index (χ1) is 13.3. The Balaban J connectivity index is 1.70. The van der Waals surface area contributed by atoms with E-state index in [1.807, 2.05) is 23.5 Å². The molecule has 0 aliphatic heterocycles. The molecule has 128 valence electrons. The fraction of sp³-hybridized carbons (Fsp3) is 0. The highest BCUT2D eigenvalue weighted by Crippen LogP contribution is 2.42. The van der Waals surface area contributed by atoms with Crippen LogP contribution in [0, 0.1) is 0 Å². The van der Waals surface area contributed by atoms with E-state index in [0.717, 1.165) is 32.0 Å². The van der Waals surface area contributed by atoms with E-state index in [9.17, 15) is 0 Å². The monoisotopic (exact) mass is 428 g/mol. The Morgan fingerprint density at radius 2 is 1.48 bits per heavy atom. The number of rotatable bonds is 1. The van der Waals surface area contributed by atoms with E-state index in [1.54, 1.807) is 0 Å². The molecule has 2 heterocycles. The second-order valence-corrected chi connectivity index (χ2v) is 8.64. The van der Waals surface area contributed by atoms with E-state index < -0.39 is 0 Å². The van der Waals surface area contributed by atoms with Gasteiger partial charge in [-0.2, -0.15) is 0 Å². The molecule has 0 unspecified atom stereocenters. The van der Waals surface area contributed by atoms with E-state index in [4.69, 9.17) is 4.42 Å². The third-order valence-corrected chi connectivity index (χ3v) is 6.98.